The smallest absolute Gasteiger partial charge is 0.324 e. The summed E-state index contributed by atoms with van der Waals surface area (Å²) in [4.78, 5) is 28.7. The summed E-state index contributed by atoms with van der Waals surface area (Å²) in [5.41, 5.74) is 0.134. The molecule has 1 heterocycles. The summed E-state index contributed by atoms with van der Waals surface area (Å²) in [6, 6.07) is 8.63. The lowest BCUT2D eigenvalue weighted by atomic mass is 10.3. The summed E-state index contributed by atoms with van der Waals surface area (Å²) in [6.07, 6.45) is 1.40. The predicted octanol–water partition coefficient (Wildman–Crippen LogP) is 2.15. The second-order valence-electron chi connectivity index (χ2n) is 3.56. The third kappa shape index (κ3) is 4.11. The molecule has 0 fully saturated rings. The monoisotopic (exact) mass is 295 g/mol. The molecule has 0 saturated carbocycles. The minimum absolute atomic E-state index is 0.172. The van der Waals surface area contributed by atoms with E-state index < -0.39 is 5.69 Å². The molecule has 0 atom stereocenters. The van der Waals surface area contributed by atoms with Crippen molar-refractivity contribution in [2.45, 2.75) is 5.03 Å². The Morgan fingerprint density at radius 3 is 2.89 bits per heavy atom. The number of amides is 1. The maximum atomic E-state index is 11.7. The molecule has 5 nitrogen and oxygen atoms in total. The van der Waals surface area contributed by atoms with E-state index in [-0.39, 0.29) is 11.7 Å². The lowest BCUT2D eigenvalue weighted by molar-refractivity contribution is -0.113. The van der Waals surface area contributed by atoms with E-state index in [9.17, 15) is 9.59 Å². The van der Waals surface area contributed by atoms with E-state index in [1.54, 1.807) is 30.3 Å². The molecule has 2 N–H and O–H groups in total. The highest BCUT2D eigenvalue weighted by atomic mass is 35.5. The first-order chi connectivity index (χ1) is 9.15. The molecule has 0 spiro atoms. The van der Waals surface area contributed by atoms with Crippen LogP contribution in [0.5, 0.6) is 0 Å². The zero-order valence-corrected chi connectivity index (χ0v) is 11.3. The largest absolute Gasteiger partial charge is 0.345 e. The van der Waals surface area contributed by atoms with Crippen molar-refractivity contribution in [2.75, 3.05) is 11.1 Å². The van der Waals surface area contributed by atoms with E-state index in [2.05, 4.69) is 15.3 Å². The van der Waals surface area contributed by atoms with Crippen LogP contribution in [-0.2, 0) is 4.79 Å². The second-order valence-corrected chi connectivity index (χ2v) is 4.98. The number of aromatic nitrogens is 2. The number of hydrogen-bond acceptors (Lipinski definition) is 4. The van der Waals surface area contributed by atoms with E-state index in [1.807, 2.05) is 0 Å². The number of nitrogens with zero attached hydrogens (tertiary/aromatic N) is 1. The number of nitrogens with one attached hydrogen (secondary N) is 2. The normalized spacial score (nSPS) is 10.2. The van der Waals surface area contributed by atoms with Crippen LogP contribution in [0.25, 0.3) is 0 Å². The van der Waals surface area contributed by atoms with Crippen molar-refractivity contribution in [3.63, 3.8) is 0 Å². The van der Waals surface area contributed by atoms with Crippen LogP contribution in [0.4, 0.5) is 5.69 Å². The first-order valence-electron chi connectivity index (χ1n) is 5.37. The molecule has 0 radical (unpaired) electrons. The predicted molar refractivity (Wildman–Crippen MR) is 75.7 cm³/mol. The summed E-state index contributed by atoms with van der Waals surface area (Å²) < 4.78 is 0. The van der Waals surface area contributed by atoms with Gasteiger partial charge < -0.3 is 10.3 Å². The van der Waals surface area contributed by atoms with Crippen LogP contribution < -0.4 is 11.0 Å². The lowest BCUT2D eigenvalue weighted by Crippen LogP contribution is -2.15. The molecule has 0 aliphatic rings. The Morgan fingerprint density at radius 2 is 2.16 bits per heavy atom. The van der Waals surface area contributed by atoms with Gasteiger partial charge in [-0.3, -0.25) is 4.79 Å². The average Bonchev–Trinajstić information content (AvgIpc) is 2.39. The number of carbonyl (C=O) groups is 1. The van der Waals surface area contributed by atoms with Crippen LogP contribution in [0.1, 0.15) is 0 Å². The molecule has 0 aliphatic heterocycles. The fourth-order valence-corrected chi connectivity index (χ4v) is 2.19. The molecule has 0 unspecified atom stereocenters. The zero-order valence-electron chi connectivity index (χ0n) is 9.72. The second kappa shape index (κ2) is 6.40. The summed E-state index contributed by atoms with van der Waals surface area (Å²) >= 11 is 7.15. The van der Waals surface area contributed by atoms with Crippen molar-refractivity contribution < 1.29 is 4.79 Å². The molecular weight excluding hydrogens is 286 g/mol. The van der Waals surface area contributed by atoms with Gasteiger partial charge in [0.15, 0.2) is 0 Å². The number of benzene rings is 1. The maximum absolute atomic E-state index is 11.7. The van der Waals surface area contributed by atoms with Gasteiger partial charge >= 0.3 is 5.69 Å². The molecule has 2 aromatic rings. The Bertz CT molecular complexity index is 645. The molecule has 0 aliphatic carbocycles. The Labute approximate surface area is 118 Å². The lowest BCUT2D eigenvalue weighted by Gasteiger charge is -2.06. The number of carbonyl (C=O) groups excluding carboxylic acids is 1. The third-order valence-corrected chi connectivity index (χ3v) is 3.44. The Morgan fingerprint density at radius 1 is 1.37 bits per heavy atom. The number of para-hydroxylation sites is 1. The number of H-pyrrole nitrogens is 1. The van der Waals surface area contributed by atoms with Crippen molar-refractivity contribution in [3.05, 3.63) is 52.0 Å². The molecule has 1 aromatic heterocycles. The van der Waals surface area contributed by atoms with Crippen molar-refractivity contribution in [3.8, 4) is 0 Å². The zero-order chi connectivity index (χ0) is 13.7. The number of anilines is 1. The highest BCUT2D eigenvalue weighted by Crippen LogP contribution is 2.21. The molecule has 19 heavy (non-hydrogen) atoms. The van der Waals surface area contributed by atoms with Gasteiger partial charge in [0.2, 0.25) is 5.91 Å². The first kappa shape index (κ1) is 13.6. The Hall–Kier alpha value is -1.79. The topological polar surface area (TPSA) is 74.8 Å². The number of aromatic amines is 1. The van der Waals surface area contributed by atoms with Crippen LogP contribution in [0.15, 0.2) is 46.3 Å². The van der Waals surface area contributed by atoms with Crippen LogP contribution >= 0.6 is 23.4 Å². The highest BCUT2D eigenvalue weighted by Gasteiger charge is 2.06. The summed E-state index contributed by atoms with van der Waals surface area (Å²) in [6.45, 7) is 0. The summed E-state index contributed by atoms with van der Waals surface area (Å²) in [5.74, 6) is -0.0266. The van der Waals surface area contributed by atoms with E-state index in [0.29, 0.717) is 15.7 Å². The van der Waals surface area contributed by atoms with Crippen LogP contribution in [0, 0.1) is 0 Å². The van der Waals surface area contributed by atoms with Crippen molar-refractivity contribution in [2.24, 2.45) is 0 Å². The molecule has 98 valence electrons. The van der Waals surface area contributed by atoms with Crippen molar-refractivity contribution >= 4 is 35.0 Å². The fraction of sp³-hybridized carbons (Fsp3) is 0.0833. The first-order valence-corrected chi connectivity index (χ1v) is 6.74. The minimum Gasteiger partial charge on any atom is -0.324 e. The van der Waals surface area contributed by atoms with Gasteiger partial charge in [-0.1, -0.05) is 35.5 Å². The fourth-order valence-electron chi connectivity index (χ4n) is 1.33. The molecule has 2 rings (SSSR count). The molecule has 7 heteroatoms. The van der Waals surface area contributed by atoms with Gasteiger partial charge in [0.25, 0.3) is 0 Å². The molecule has 0 saturated heterocycles. The quantitative estimate of drug-likeness (QED) is 0.669. The molecule has 1 aromatic carbocycles. The molecular formula is C12H10ClN3O2S. The van der Waals surface area contributed by atoms with Crippen LogP contribution in [-0.4, -0.2) is 21.6 Å². The van der Waals surface area contributed by atoms with Gasteiger partial charge in [-0.25, -0.2) is 9.78 Å². The van der Waals surface area contributed by atoms with Crippen LogP contribution in [0.2, 0.25) is 5.02 Å². The number of rotatable bonds is 4. The molecule has 1 amide bonds. The van der Waals surface area contributed by atoms with Gasteiger partial charge in [-0.2, -0.15) is 0 Å². The van der Waals surface area contributed by atoms with Crippen LogP contribution in [0.3, 0.4) is 0 Å². The van der Waals surface area contributed by atoms with E-state index >= 15 is 0 Å². The molecule has 0 bridgehead atoms. The summed E-state index contributed by atoms with van der Waals surface area (Å²) in [7, 11) is 0. The van der Waals surface area contributed by atoms with Gasteiger partial charge in [-0.05, 0) is 18.2 Å². The number of halogens is 1. The SMILES string of the molecule is O=C(CSc1ccnc(=O)[nH]1)Nc1ccccc1Cl. The minimum atomic E-state index is -0.434. The summed E-state index contributed by atoms with van der Waals surface area (Å²) in [5, 5.41) is 3.77. The van der Waals surface area contributed by atoms with Gasteiger partial charge in [0.1, 0.15) is 0 Å². The van der Waals surface area contributed by atoms with Gasteiger partial charge in [0, 0.05) is 6.20 Å². The number of hydrogen-bond donors (Lipinski definition) is 2. The average molecular weight is 296 g/mol. The third-order valence-electron chi connectivity index (χ3n) is 2.15. The highest BCUT2D eigenvalue weighted by molar-refractivity contribution is 7.99. The van der Waals surface area contributed by atoms with E-state index in [4.69, 9.17) is 11.6 Å². The maximum Gasteiger partial charge on any atom is 0.345 e. The van der Waals surface area contributed by atoms with E-state index in [0.717, 1.165) is 0 Å². The Balaban J connectivity index is 1.92. The van der Waals surface area contributed by atoms with E-state index in [1.165, 1.54) is 18.0 Å². The van der Waals surface area contributed by atoms with Crippen molar-refractivity contribution in [1.82, 2.24) is 9.97 Å². The standard InChI is InChI=1S/C12H10ClN3O2S/c13-8-3-1-2-4-9(8)15-10(17)7-19-11-5-6-14-12(18)16-11/h1-6H,7H2,(H,15,17)(H,14,16,18). The van der Waals surface area contributed by atoms with Crippen molar-refractivity contribution in [1.29, 1.82) is 0 Å². The Kier molecular flexibility index (Phi) is 4.59. The van der Waals surface area contributed by atoms with Gasteiger partial charge in [0.05, 0.1) is 21.5 Å². The van der Waals surface area contributed by atoms with Gasteiger partial charge in [-0.15, -0.1) is 0 Å². The number of thioether (sulfide) groups is 1.